The minimum atomic E-state index is -0.471. The van der Waals surface area contributed by atoms with Gasteiger partial charge in [0.05, 0.1) is 28.4 Å². The molecule has 2 aromatic rings. The number of esters is 1. The molecule has 0 aliphatic carbocycles. The fourth-order valence-corrected chi connectivity index (χ4v) is 2.62. The minimum Gasteiger partial charge on any atom is -0.465 e. The van der Waals surface area contributed by atoms with Gasteiger partial charge in [0.1, 0.15) is 6.54 Å². The first-order valence-electron chi connectivity index (χ1n) is 7.54. The Balaban J connectivity index is 2.12. The lowest BCUT2D eigenvalue weighted by atomic mass is 10.2. The van der Waals surface area contributed by atoms with Crippen LogP contribution in [0.25, 0.3) is 0 Å². The summed E-state index contributed by atoms with van der Waals surface area (Å²) in [6, 6.07) is 11.0. The van der Waals surface area contributed by atoms with Crippen molar-refractivity contribution >= 4 is 52.4 Å². The van der Waals surface area contributed by atoms with E-state index in [2.05, 4.69) is 10.1 Å². The molecule has 136 valence electrons. The molecule has 0 spiro atoms. The van der Waals surface area contributed by atoms with Gasteiger partial charge in [0.25, 0.3) is 0 Å². The predicted octanol–water partition coefficient (Wildman–Crippen LogP) is 3.77. The van der Waals surface area contributed by atoms with Crippen molar-refractivity contribution in [3.05, 3.63) is 58.1 Å². The van der Waals surface area contributed by atoms with E-state index in [1.165, 1.54) is 31.1 Å². The highest BCUT2D eigenvalue weighted by Gasteiger charge is 2.19. The molecule has 0 unspecified atom stereocenters. The molecule has 6 nitrogen and oxygen atoms in total. The van der Waals surface area contributed by atoms with Crippen LogP contribution >= 0.6 is 23.2 Å². The summed E-state index contributed by atoms with van der Waals surface area (Å²) in [4.78, 5) is 36.9. The van der Waals surface area contributed by atoms with Gasteiger partial charge < -0.3 is 15.0 Å². The molecular formula is C18H16Cl2N2O4. The number of hydrogen-bond acceptors (Lipinski definition) is 4. The van der Waals surface area contributed by atoms with Crippen molar-refractivity contribution in [2.75, 3.05) is 23.9 Å². The molecule has 0 fully saturated rings. The molecule has 0 aliphatic rings. The van der Waals surface area contributed by atoms with E-state index in [1.807, 2.05) is 0 Å². The van der Waals surface area contributed by atoms with Gasteiger partial charge >= 0.3 is 5.97 Å². The fourth-order valence-electron chi connectivity index (χ4n) is 2.22. The van der Waals surface area contributed by atoms with Crippen LogP contribution in [0.5, 0.6) is 0 Å². The van der Waals surface area contributed by atoms with E-state index in [0.717, 1.165) is 0 Å². The molecule has 1 N–H and O–H groups in total. The lowest BCUT2D eigenvalue weighted by molar-refractivity contribution is -0.120. The Labute approximate surface area is 160 Å². The van der Waals surface area contributed by atoms with Gasteiger partial charge in [-0.2, -0.15) is 0 Å². The third kappa shape index (κ3) is 4.74. The smallest absolute Gasteiger partial charge is 0.337 e. The number of carbonyl (C=O) groups is 3. The Bertz CT molecular complexity index is 838. The van der Waals surface area contributed by atoms with Gasteiger partial charge in [-0.15, -0.1) is 0 Å². The van der Waals surface area contributed by atoms with Gasteiger partial charge in [-0.1, -0.05) is 29.3 Å². The number of methoxy groups -OCH3 is 1. The van der Waals surface area contributed by atoms with Gasteiger partial charge in [-0.05, 0) is 36.4 Å². The number of nitrogens with zero attached hydrogens (tertiary/aromatic N) is 1. The van der Waals surface area contributed by atoms with Crippen molar-refractivity contribution < 1.29 is 19.1 Å². The van der Waals surface area contributed by atoms with E-state index >= 15 is 0 Å². The number of nitrogens with one attached hydrogen (secondary N) is 1. The second kappa shape index (κ2) is 8.69. The first-order chi connectivity index (χ1) is 12.3. The molecule has 2 rings (SSSR count). The second-order valence-corrected chi connectivity index (χ2v) is 6.08. The Kier molecular flexibility index (Phi) is 6.60. The zero-order valence-corrected chi connectivity index (χ0v) is 15.6. The van der Waals surface area contributed by atoms with Crippen molar-refractivity contribution in [2.45, 2.75) is 6.92 Å². The highest BCUT2D eigenvalue weighted by molar-refractivity contribution is 6.44. The average Bonchev–Trinajstić information content (AvgIpc) is 2.62. The summed E-state index contributed by atoms with van der Waals surface area (Å²) in [6.45, 7) is 1.09. The van der Waals surface area contributed by atoms with Gasteiger partial charge in [-0.3, -0.25) is 9.59 Å². The Morgan fingerprint density at radius 2 is 1.73 bits per heavy atom. The first kappa shape index (κ1) is 19.8. The number of ether oxygens (including phenoxy) is 1. The number of carbonyl (C=O) groups excluding carboxylic acids is 3. The van der Waals surface area contributed by atoms with Gasteiger partial charge in [0, 0.05) is 12.6 Å². The summed E-state index contributed by atoms with van der Waals surface area (Å²) < 4.78 is 4.61. The number of rotatable bonds is 5. The van der Waals surface area contributed by atoms with E-state index in [0.29, 0.717) is 16.9 Å². The molecule has 0 heterocycles. The average molecular weight is 395 g/mol. The molecule has 0 aliphatic heterocycles. The lowest BCUT2D eigenvalue weighted by Crippen LogP contribution is -2.36. The van der Waals surface area contributed by atoms with Crippen LogP contribution in [0.1, 0.15) is 17.3 Å². The number of halogens is 2. The molecule has 0 radical (unpaired) electrons. The third-order valence-corrected chi connectivity index (χ3v) is 4.30. The summed E-state index contributed by atoms with van der Waals surface area (Å²) in [6.07, 6.45) is 0. The van der Waals surface area contributed by atoms with Crippen LogP contribution in [0, 0.1) is 0 Å². The molecule has 0 saturated carbocycles. The first-order valence-corrected chi connectivity index (χ1v) is 8.29. The molecule has 2 aromatic carbocycles. The molecule has 0 saturated heterocycles. The van der Waals surface area contributed by atoms with E-state index in [9.17, 15) is 14.4 Å². The maximum Gasteiger partial charge on any atom is 0.337 e. The quantitative estimate of drug-likeness (QED) is 0.782. The van der Waals surface area contributed by atoms with Crippen LogP contribution in [0.2, 0.25) is 10.0 Å². The predicted molar refractivity (Wildman–Crippen MR) is 101 cm³/mol. The third-order valence-electron chi connectivity index (χ3n) is 3.49. The van der Waals surface area contributed by atoms with Crippen molar-refractivity contribution in [1.29, 1.82) is 0 Å². The van der Waals surface area contributed by atoms with Crippen LogP contribution < -0.4 is 10.2 Å². The highest BCUT2D eigenvalue weighted by atomic mass is 35.5. The normalized spacial score (nSPS) is 10.2. The standard InChI is InChI=1S/C18H16Cl2N2O4/c1-11(23)22(15-5-3-4-14(19)17(15)20)10-16(24)21-13-8-6-12(7-9-13)18(25)26-2/h3-9H,10H2,1-2H3,(H,21,24). The van der Waals surface area contributed by atoms with Crippen molar-refractivity contribution in [3.63, 3.8) is 0 Å². The molecule has 8 heteroatoms. The largest absolute Gasteiger partial charge is 0.465 e. The maximum absolute atomic E-state index is 12.3. The molecular weight excluding hydrogens is 379 g/mol. The number of benzene rings is 2. The van der Waals surface area contributed by atoms with Crippen molar-refractivity contribution in [2.24, 2.45) is 0 Å². The van der Waals surface area contributed by atoms with E-state index in [1.54, 1.807) is 30.3 Å². The monoisotopic (exact) mass is 394 g/mol. The SMILES string of the molecule is COC(=O)c1ccc(NC(=O)CN(C(C)=O)c2cccc(Cl)c2Cl)cc1. The van der Waals surface area contributed by atoms with Gasteiger partial charge in [0.15, 0.2) is 0 Å². The van der Waals surface area contributed by atoms with Crippen LogP contribution in [-0.2, 0) is 14.3 Å². The van der Waals surface area contributed by atoms with E-state index < -0.39 is 11.9 Å². The zero-order valence-electron chi connectivity index (χ0n) is 14.1. The van der Waals surface area contributed by atoms with Crippen molar-refractivity contribution in [3.8, 4) is 0 Å². The van der Waals surface area contributed by atoms with Crippen LogP contribution in [0.4, 0.5) is 11.4 Å². The van der Waals surface area contributed by atoms with Crippen molar-refractivity contribution in [1.82, 2.24) is 0 Å². The van der Waals surface area contributed by atoms with Gasteiger partial charge in [0.2, 0.25) is 11.8 Å². The topological polar surface area (TPSA) is 75.7 Å². The fraction of sp³-hybridized carbons (Fsp3) is 0.167. The summed E-state index contributed by atoms with van der Waals surface area (Å²) in [7, 11) is 1.29. The molecule has 0 aromatic heterocycles. The highest BCUT2D eigenvalue weighted by Crippen LogP contribution is 2.32. The van der Waals surface area contributed by atoms with E-state index in [4.69, 9.17) is 23.2 Å². The molecule has 0 atom stereocenters. The van der Waals surface area contributed by atoms with Crippen LogP contribution in [0.3, 0.4) is 0 Å². The number of hydrogen-bond donors (Lipinski definition) is 1. The lowest BCUT2D eigenvalue weighted by Gasteiger charge is -2.22. The Hall–Kier alpha value is -2.57. The molecule has 2 amide bonds. The number of anilines is 2. The van der Waals surface area contributed by atoms with E-state index in [-0.39, 0.29) is 22.5 Å². The van der Waals surface area contributed by atoms with Crippen LogP contribution in [0.15, 0.2) is 42.5 Å². The summed E-state index contributed by atoms with van der Waals surface area (Å²) >= 11 is 12.1. The summed E-state index contributed by atoms with van der Waals surface area (Å²) in [5, 5.41) is 3.13. The Morgan fingerprint density at radius 1 is 1.08 bits per heavy atom. The van der Waals surface area contributed by atoms with Gasteiger partial charge in [-0.25, -0.2) is 4.79 Å². The summed E-state index contributed by atoms with van der Waals surface area (Å²) in [5.74, 6) is -1.26. The molecule has 26 heavy (non-hydrogen) atoms. The molecule has 0 bridgehead atoms. The minimum absolute atomic E-state index is 0.194. The second-order valence-electron chi connectivity index (χ2n) is 5.30. The Morgan fingerprint density at radius 3 is 2.31 bits per heavy atom. The zero-order chi connectivity index (χ0) is 19.3. The summed E-state index contributed by atoms with van der Waals surface area (Å²) in [5.41, 5.74) is 1.19. The number of amides is 2. The van der Waals surface area contributed by atoms with Crippen LogP contribution in [-0.4, -0.2) is 31.4 Å². The maximum atomic E-state index is 12.3.